The predicted molar refractivity (Wildman–Crippen MR) is 69.0 cm³/mol. The van der Waals surface area contributed by atoms with Gasteiger partial charge in [0.15, 0.2) is 5.60 Å². The molecule has 1 N–H and O–H groups in total. The molecule has 0 heterocycles. The zero-order chi connectivity index (χ0) is 13.0. The van der Waals surface area contributed by atoms with Gasteiger partial charge in [0.25, 0.3) is 0 Å². The molecule has 3 nitrogen and oxygen atoms in total. The van der Waals surface area contributed by atoms with Crippen molar-refractivity contribution < 1.29 is 14.6 Å². The summed E-state index contributed by atoms with van der Waals surface area (Å²) < 4.78 is 5.42. The van der Waals surface area contributed by atoms with Crippen LogP contribution in [0.5, 0.6) is 0 Å². The first-order chi connectivity index (χ1) is 8.60. The first kappa shape index (κ1) is 13.1. The lowest BCUT2D eigenvalue weighted by atomic mass is 9.95. The largest absolute Gasteiger partial charge is 0.460 e. The van der Waals surface area contributed by atoms with E-state index >= 15 is 0 Å². The molecule has 98 valence electrons. The summed E-state index contributed by atoms with van der Waals surface area (Å²) in [6, 6.07) is 8.94. The topological polar surface area (TPSA) is 46.5 Å². The summed E-state index contributed by atoms with van der Waals surface area (Å²) in [5.74, 6) is -0.541. The number of esters is 1. The van der Waals surface area contributed by atoms with E-state index in [1.165, 1.54) is 13.3 Å². The highest BCUT2D eigenvalue weighted by molar-refractivity contribution is 5.80. The Kier molecular flexibility index (Phi) is 4.02. The number of hydrogen-bond acceptors (Lipinski definition) is 3. The number of ether oxygens (including phenoxy) is 1. The monoisotopic (exact) mass is 248 g/mol. The number of aliphatic hydroxyl groups is 1. The van der Waals surface area contributed by atoms with Crippen molar-refractivity contribution >= 4 is 5.97 Å². The molecule has 0 amide bonds. The molecule has 3 heteroatoms. The number of rotatable bonds is 3. The van der Waals surface area contributed by atoms with Gasteiger partial charge in [0.1, 0.15) is 6.10 Å². The molecule has 1 aromatic carbocycles. The van der Waals surface area contributed by atoms with Crippen molar-refractivity contribution in [1.29, 1.82) is 0 Å². The smallest absolute Gasteiger partial charge is 0.342 e. The zero-order valence-corrected chi connectivity index (χ0v) is 10.8. The molecule has 1 aromatic rings. The van der Waals surface area contributed by atoms with Crippen molar-refractivity contribution in [3.8, 4) is 0 Å². The van der Waals surface area contributed by atoms with E-state index in [1.807, 2.05) is 6.07 Å². The molecule has 1 unspecified atom stereocenters. The van der Waals surface area contributed by atoms with Crippen molar-refractivity contribution in [2.75, 3.05) is 0 Å². The Morgan fingerprint density at radius 1 is 1.22 bits per heavy atom. The molecule has 2 rings (SSSR count). The standard InChI is InChI=1S/C15H20O3/c1-15(17,12-8-4-2-5-9-12)14(16)18-13-10-6-3-7-11-13/h2,4-5,8-9,13,17H,3,6-7,10-11H2,1H3. The molecule has 1 aliphatic carbocycles. The van der Waals surface area contributed by atoms with E-state index in [1.54, 1.807) is 24.3 Å². The van der Waals surface area contributed by atoms with Gasteiger partial charge in [0.2, 0.25) is 0 Å². The average molecular weight is 248 g/mol. The van der Waals surface area contributed by atoms with Crippen LogP contribution in [0, 0.1) is 0 Å². The Bertz CT molecular complexity index is 391. The van der Waals surface area contributed by atoms with Crippen molar-refractivity contribution in [3.05, 3.63) is 35.9 Å². The molecule has 0 saturated heterocycles. The molecular weight excluding hydrogens is 228 g/mol. The van der Waals surface area contributed by atoms with E-state index in [-0.39, 0.29) is 6.10 Å². The molecular formula is C15H20O3. The lowest BCUT2D eigenvalue weighted by Gasteiger charge is -2.27. The molecule has 1 saturated carbocycles. The van der Waals surface area contributed by atoms with Gasteiger partial charge in [-0.2, -0.15) is 0 Å². The highest BCUT2D eigenvalue weighted by Crippen LogP contribution is 2.26. The molecule has 18 heavy (non-hydrogen) atoms. The quantitative estimate of drug-likeness (QED) is 0.837. The van der Waals surface area contributed by atoms with Gasteiger partial charge in [0.05, 0.1) is 0 Å². The van der Waals surface area contributed by atoms with Crippen LogP contribution < -0.4 is 0 Å². The van der Waals surface area contributed by atoms with Gasteiger partial charge >= 0.3 is 5.97 Å². The van der Waals surface area contributed by atoms with Crippen molar-refractivity contribution in [3.63, 3.8) is 0 Å². The lowest BCUT2D eigenvalue weighted by molar-refractivity contribution is -0.172. The Labute approximate surface area is 108 Å². The summed E-state index contributed by atoms with van der Waals surface area (Å²) >= 11 is 0. The third kappa shape index (κ3) is 2.91. The Balaban J connectivity index is 2.03. The third-order valence-corrected chi connectivity index (χ3v) is 3.56. The second-order valence-electron chi connectivity index (χ2n) is 5.10. The minimum Gasteiger partial charge on any atom is -0.460 e. The number of carbonyl (C=O) groups is 1. The van der Waals surface area contributed by atoms with E-state index in [0.29, 0.717) is 5.56 Å². The predicted octanol–water partition coefficient (Wildman–Crippen LogP) is 2.77. The Morgan fingerprint density at radius 3 is 2.44 bits per heavy atom. The number of hydrogen-bond donors (Lipinski definition) is 1. The highest BCUT2D eigenvalue weighted by Gasteiger charge is 2.35. The maximum atomic E-state index is 12.1. The minimum atomic E-state index is -1.56. The molecule has 0 radical (unpaired) electrons. The first-order valence-electron chi connectivity index (χ1n) is 6.59. The summed E-state index contributed by atoms with van der Waals surface area (Å²) in [6.07, 6.45) is 5.22. The van der Waals surface area contributed by atoms with Gasteiger partial charge in [0, 0.05) is 0 Å². The van der Waals surface area contributed by atoms with Gasteiger partial charge in [-0.15, -0.1) is 0 Å². The summed E-state index contributed by atoms with van der Waals surface area (Å²) in [6.45, 7) is 1.49. The van der Waals surface area contributed by atoms with Crippen molar-refractivity contribution in [2.24, 2.45) is 0 Å². The third-order valence-electron chi connectivity index (χ3n) is 3.56. The maximum Gasteiger partial charge on any atom is 0.342 e. The van der Waals surface area contributed by atoms with Crippen LogP contribution in [0.15, 0.2) is 30.3 Å². The fourth-order valence-corrected chi connectivity index (χ4v) is 2.33. The molecule has 0 aromatic heterocycles. The lowest BCUT2D eigenvalue weighted by Crippen LogP contribution is -2.37. The molecule has 1 fully saturated rings. The summed E-state index contributed by atoms with van der Waals surface area (Å²) in [7, 11) is 0. The SMILES string of the molecule is CC(O)(C(=O)OC1CCCCC1)c1ccccc1. The first-order valence-corrected chi connectivity index (χ1v) is 6.59. The number of carbonyl (C=O) groups excluding carboxylic acids is 1. The van der Waals surface area contributed by atoms with Crippen LogP contribution in [-0.4, -0.2) is 17.2 Å². The van der Waals surface area contributed by atoms with Crippen LogP contribution in [0.1, 0.15) is 44.6 Å². The van der Waals surface area contributed by atoms with Gasteiger partial charge < -0.3 is 9.84 Å². The van der Waals surface area contributed by atoms with E-state index in [9.17, 15) is 9.90 Å². The van der Waals surface area contributed by atoms with E-state index in [2.05, 4.69) is 0 Å². The van der Waals surface area contributed by atoms with Gasteiger partial charge in [-0.05, 0) is 38.2 Å². The Morgan fingerprint density at radius 2 is 1.83 bits per heavy atom. The summed E-state index contributed by atoms with van der Waals surface area (Å²) in [4.78, 5) is 12.1. The number of benzene rings is 1. The molecule has 0 spiro atoms. The van der Waals surface area contributed by atoms with E-state index in [0.717, 1.165) is 25.7 Å². The molecule has 1 aliphatic rings. The van der Waals surface area contributed by atoms with Gasteiger partial charge in [-0.1, -0.05) is 36.8 Å². The zero-order valence-electron chi connectivity index (χ0n) is 10.8. The maximum absolute atomic E-state index is 12.1. The minimum absolute atomic E-state index is 0.0264. The Hall–Kier alpha value is -1.35. The van der Waals surface area contributed by atoms with Gasteiger partial charge in [-0.25, -0.2) is 4.79 Å². The average Bonchev–Trinajstić information content (AvgIpc) is 2.41. The summed E-state index contributed by atoms with van der Waals surface area (Å²) in [5.41, 5.74) is -0.982. The molecule has 0 aliphatic heterocycles. The van der Waals surface area contributed by atoms with Crippen molar-refractivity contribution in [2.45, 2.75) is 50.7 Å². The fraction of sp³-hybridized carbons (Fsp3) is 0.533. The van der Waals surface area contributed by atoms with Crippen LogP contribution in [0.25, 0.3) is 0 Å². The second kappa shape index (κ2) is 5.53. The summed E-state index contributed by atoms with van der Waals surface area (Å²) in [5, 5.41) is 10.3. The molecule has 0 bridgehead atoms. The van der Waals surface area contributed by atoms with Crippen molar-refractivity contribution in [1.82, 2.24) is 0 Å². The van der Waals surface area contributed by atoms with Crippen LogP contribution in [0.2, 0.25) is 0 Å². The normalized spacial score (nSPS) is 20.1. The van der Waals surface area contributed by atoms with Crippen LogP contribution in [-0.2, 0) is 15.1 Å². The van der Waals surface area contributed by atoms with Crippen LogP contribution in [0.4, 0.5) is 0 Å². The van der Waals surface area contributed by atoms with E-state index < -0.39 is 11.6 Å². The highest BCUT2D eigenvalue weighted by atomic mass is 16.6. The van der Waals surface area contributed by atoms with Crippen LogP contribution in [0.3, 0.4) is 0 Å². The fourth-order valence-electron chi connectivity index (χ4n) is 2.33. The molecule has 1 atom stereocenters. The second-order valence-corrected chi connectivity index (χ2v) is 5.10. The van der Waals surface area contributed by atoms with Gasteiger partial charge in [-0.3, -0.25) is 0 Å². The van der Waals surface area contributed by atoms with E-state index in [4.69, 9.17) is 4.74 Å². The van der Waals surface area contributed by atoms with Crippen LogP contribution >= 0.6 is 0 Å².